The smallest absolute Gasteiger partial charge is 0.271 e. The summed E-state index contributed by atoms with van der Waals surface area (Å²) in [6.45, 7) is 2.52. The Labute approximate surface area is 116 Å². The Hall–Kier alpha value is -1.37. The van der Waals surface area contributed by atoms with Gasteiger partial charge in [-0.1, -0.05) is 11.6 Å². The second-order valence-electron chi connectivity index (χ2n) is 4.20. The zero-order valence-electron chi connectivity index (χ0n) is 10.9. The number of ether oxygens (including phenoxy) is 1. The van der Waals surface area contributed by atoms with E-state index in [4.69, 9.17) is 16.3 Å². The highest BCUT2D eigenvalue weighted by atomic mass is 35.5. The topological polar surface area (TPSA) is 84.6 Å². The highest BCUT2D eigenvalue weighted by molar-refractivity contribution is 6.33. The predicted molar refractivity (Wildman–Crippen MR) is 73.8 cm³/mol. The van der Waals surface area contributed by atoms with E-state index in [0.717, 1.165) is 0 Å². The van der Waals surface area contributed by atoms with Crippen LogP contribution in [0.1, 0.15) is 12.0 Å². The minimum absolute atomic E-state index is 0.0348. The van der Waals surface area contributed by atoms with E-state index in [1.807, 2.05) is 0 Å². The van der Waals surface area contributed by atoms with Crippen LogP contribution in [0.2, 0.25) is 5.02 Å². The van der Waals surface area contributed by atoms with Crippen molar-refractivity contribution in [2.45, 2.75) is 19.4 Å². The Morgan fingerprint density at radius 3 is 2.79 bits per heavy atom. The Morgan fingerprint density at radius 1 is 1.58 bits per heavy atom. The molecule has 0 bridgehead atoms. The second kappa shape index (κ2) is 7.28. The van der Waals surface area contributed by atoms with Gasteiger partial charge in [0.05, 0.1) is 28.3 Å². The van der Waals surface area contributed by atoms with Gasteiger partial charge in [0.25, 0.3) is 5.69 Å². The molecule has 7 heteroatoms. The molecule has 0 heterocycles. The van der Waals surface area contributed by atoms with Crippen LogP contribution in [0, 0.1) is 17.0 Å². The van der Waals surface area contributed by atoms with Gasteiger partial charge in [-0.2, -0.15) is 0 Å². The van der Waals surface area contributed by atoms with Crippen molar-refractivity contribution in [2.24, 2.45) is 0 Å². The monoisotopic (exact) mass is 288 g/mol. The van der Waals surface area contributed by atoms with E-state index in [1.165, 1.54) is 19.2 Å². The zero-order chi connectivity index (χ0) is 14.4. The number of nitrogens with zero attached hydrogens (tertiary/aromatic N) is 1. The van der Waals surface area contributed by atoms with E-state index in [2.05, 4.69) is 5.32 Å². The molecular weight excluding hydrogens is 272 g/mol. The van der Waals surface area contributed by atoms with Crippen LogP contribution in [0.15, 0.2) is 12.1 Å². The average molecular weight is 289 g/mol. The number of non-ortho nitro benzene ring substituents is 1. The molecule has 0 radical (unpaired) electrons. The summed E-state index contributed by atoms with van der Waals surface area (Å²) in [4.78, 5) is 10.2. The van der Waals surface area contributed by atoms with Crippen molar-refractivity contribution in [3.8, 4) is 0 Å². The largest absolute Gasteiger partial charge is 0.391 e. The molecule has 0 fully saturated rings. The van der Waals surface area contributed by atoms with Gasteiger partial charge in [0.2, 0.25) is 0 Å². The van der Waals surface area contributed by atoms with E-state index in [9.17, 15) is 15.2 Å². The number of hydrogen-bond acceptors (Lipinski definition) is 5. The van der Waals surface area contributed by atoms with E-state index < -0.39 is 11.0 Å². The zero-order valence-corrected chi connectivity index (χ0v) is 11.6. The lowest BCUT2D eigenvalue weighted by Gasteiger charge is -2.13. The minimum atomic E-state index is -0.547. The van der Waals surface area contributed by atoms with Crippen LogP contribution in [0.25, 0.3) is 0 Å². The molecule has 0 unspecified atom stereocenters. The number of aryl methyl sites for hydroxylation is 1. The lowest BCUT2D eigenvalue weighted by molar-refractivity contribution is -0.384. The van der Waals surface area contributed by atoms with E-state index in [0.29, 0.717) is 29.2 Å². The van der Waals surface area contributed by atoms with Gasteiger partial charge >= 0.3 is 0 Å². The van der Waals surface area contributed by atoms with Crippen molar-refractivity contribution >= 4 is 23.0 Å². The van der Waals surface area contributed by atoms with Crippen LogP contribution in [0.4, 0.5) is 11.4 Å². The number of nitro groups is 1. The molecule has 1 atom stereocenters. The van der Waals surface area contributed by atoms with Gasteiger partial charge < -0.3 is 15.2 Å². The number of methoxy groups -OCH3 is 1. The Morgan fingerprint density at radius 2 is 2.26 bits per heavy atom. The van der Waals surface area contributed by atoms with Gasteiger partial charge in [0, 0.05) is 25.8 Å². The number of anilines is 1. The first kappa shape index (κ1) is 15.7. The lowest BCUT2D eigenvalue weighted by atomic mass is 10.1. The number of aliphatic hydroxyl groups excluding tert-OH is 1. The molecule has 1 aromatic rings. The summed E-state index contributed by atoms with van der Waals surface area (Å²) < 4.78 is 4.82. The van der Waals surface area contributed by atoms with Crippen LogP contribution >= 0.6 is 11.6 Å². The average Bonchev–Trinajstić information content (AvgIpc) is 2.32. The maximum absolute atomic E-state index is 10.7. The molecule has 0 aliphatic rings. The Kier molecular flexibility index (Phi) is 6.01. The fourth-order valence-electron chi connectivity index (χ4n) is 1.69. The minimum Gasteiger partial charge on any atom is -0.391 e. The molecule has 1 rings (SSSR count). The first-order chi connectivity index (χ1) is 8.95. The molecule has 0 spiro atoms. The Bertz CT molecular complexity index is 430. The van der Waals surface area contributed by atoms with Crippen molar-refractivity contribution in [3.05, 3.63) is 32.8 Å². The number of hydrogen-bond donors (Lipinski definition) is 2. The van der Waals surface area contributed by atoms with Gasteiger partial charge in [-0.05, 0) is 18.9 Å². The van der Waals surface area contributed by atoms with Gasteiger partial charge in [-0.25, -0.2) is 0 Å². The molecular formula is C12H17ClN2O4. The molecule has 0 amide bonds. The summed E-state index contributed by atoms with van der Waals surface area (Å²) in [6.07, 6.45) is -0.0460. The molecule has 106 valence electrons. The van der Waals surface area contributed by atoms with Crippen LogP contribution in [-0.2, 0) is 4.74 Å². The molecule has 0 aliphatic carbocycles. The number of halogens is 1. The maximum atomic E-state index is 10.7. The van der Waals surface area contributed by atoms with Crippen molar-refractivity contribution in [3.63, 3.8) is 0 Å². The van der Waals surface area contributed by atoms with Crippen molar-refractivity contribution < 1.29 is 14.8 Å². The van der Waals surface area contributed by atoms with Crippen LogP contribution < -0.4 is 5.32 Å². The maximum Gasteiger partial charge on any atom is 0.271 e. The predicted octanol–water partition coefficient (Wildman–Crippen LogP) is 2.37. The number of rotatable bonds is 7. The molecule has 19 heavy (non-hydrogen) atoms. The lowest BCUT2D eigenvalue weighted by Crippen LogP contribution is -2.18. The van der Waals surface area contributed by atoms with E-state index in [1.54, 1.807) is 6.92 Å². The van der Waals surface area contributed by atoms with Crippen molar-refractivity contribution in [1.29, 1.82) is 0 Å². The second-order valence-corrected chi connectivity index (χ2v) is 4.61. The van der Waals surface area contributed by atoms with E-state index >= 15 is 0 Å². The van der Waals surface area contributed by atoms with Gasteiger partial charge in [0.15, 0.2) is 0 Å². The van der Waals surface area contributed by atoms with E-state index in [-0.39, 0.29) is 12.3 Å². The highest BCUT2D eigenvalue weighted by Crippen LogP contribution is 2.30. The molecule has 6 nitrogen and oxygen atoms in total. The van der Waals surface area contributed by atoms with Crippen molar-refractivity contribution in [2.75, 3.05) is 25.6 Å². The van der Waals surface area contributed by atoms with Gasteiger partial charge in [0.1, 0.15) is 0 Å². The summed E-state index contributed by atoms with van der Waals surface area (Å²) in [5.74, 6) is 0. The molecule has 0 saturated heterocycles. The number of nitrogens with one attached hydrogen (secondary N) is 1. The number of benzene rings is 1. The fraction of sp³-hybridized carbons (Fsp3) is 0.500. The molecule has 0 aromatic heterocycles. The SMILES string of the molecule is COC[C@H](O)CCNc1c(C)cc([N+](=O)[O-])cc1Cl. The normalized spacial score (nSPS) is 12.2. The van der Waals surface area contributed by atoms with Gasteiger partial charge in [-0.15, -0.1) is 0 Å². The molecule has 0 saturated carbocycles. The standard InChI is InChI=1S/C12H17ClN2O4/c1-8-5-9(15(17)18)6-11(13)12(8)14-4-3-10(16)7-19-2/h5-6,10,14,16H,3-4,7H2,1-2H3/t10-/m1/s1. The summed E-state index contributed by atoms with van der Waals surface area (Å²) >= 11 is 6.00. The van der Waals surface area contributed by atoms with Crippen LogP contribution in [-0.4, -0.2) is 36.4 Å². The highest BCUT2D eigenvalue weighted by Gasteiger charge is 2.13. The fourth-order valence-corrected chi connectivity index (χ4v) is 2.02. The Balaban J connectivity index is 2.66. The van der Waals surface area contributed by atoms with Gasteiger partial charge in [-0.3, -0.25) is 10.1 Å². The summed E-state index contributed by atoms with van der Waals surface area (Å²) in [6, 6.07) is 2.77. The number of nitro benzene ring substituents is 1. The molecule has 2 N–H and O–H groups in total. The first-order valence-corrected chi connectivity index (χ1v) is 6.19. The third-order valence-corrected chi connectivity index (χ3v) is 2.92. The molecule has 1 aromatic carbocycles. The third-order valence-electron chi connectivity index (χ3n) is 2.62. The summed E-state index contributed by atoms with van der Waals surface area (Å²) in [7, 11) is 1.52. The third kappa shape index (κ3) is 4.66. The van der Waals surface area contributed by atoms with Crippen molar-refractivity contribution in [1.82, 2.24) is 0 Å². The van der Waals surface area contributed by atoms with Crippen LogP contribution in [0.3, 0.4) is 0 Å². The van der Waals surface area contributed by atoms with Crippen LogP contribution in [0.5, 0.6) is 0 Å². The summed E-state index contributed by atoms with van der Waals surface area (Å²) in [5.41, 5.74) is 1.31. The quantitative estimate of drug-likeness (QED) is 0.594. The molecule has 0 aliphatic heterocycles. The first-order valence-electron chi connectivity index (χ1n) is 5.81. The summed E-state index contributed by atoms with van der Waals surface area (Å²) in [5, 5.41) is 23.5. The number of aliphatic hydroxyl groups is 1.